The van der Waals surface area contributed by atoms with Crippen molar-refractivity contribution in [2.75, 3.05) is 0 Å². The lowest BCUT2D eigenvalue weighted by atomic mass is 9.92. The van der Waals surface area contributed by atoms with Crippen molar-refractivity contribution in [3.63, 3.8) is 0 Å². The minimum absolute atomic E-state index is 0.260. The zero-order valence-corrected chi connectivity index (χ0v) is 25.3. The molecule has 194 valence electrons. The van der Waals surface area contributed by atoms with E-state index in [2.05, 4.69) is 53.7 Å². The molecule has 0 saturated heterocycles. The van der Waals surface area contributed by atoms with E-state index in [1.807, 2.05) is 38.1 Å². The van der Waals surface area contributed by atoms with Gasteiger partial charge in [-0.1, -0.05) is 78.0 Å². The van der Waals surface area contributed by atoms with Gasteiger partial charge in [-0.2, -0.15) is 0 Å². The van der Waals surface area contributed by atoms with Crippen molar-refractivity contribution >= 4 is 27.8 Å². The Bertz CT molecular complexity index is 829. The first-order valence-corrected chi connectivity index (χ1v) is 18.4. The standard InChI is InChI=1S/C18H18O2.C12H30OSi2/c1-3-17(13-5-9-15(19)10-6-13)18(4-2)14-7-11-16(20)12-8-14;1-7-14(8-2,9-3)13-15(10-4,11-5)12-6/h3-12,19-20H,1-2H3;7-12H2,1-6H3/b17-3+,18-4+;. The van der Waals surface area contributed by atoms with Gasteiger partial charge in [0.1, 0.15) is 11.5 Å². The van der Waals surface area contributed by atoms with Gasteiger partial charge in [-0.15, -0.1) is 0 Å². The highest BCUT2D eigenvalue weighted by Crippen LogP contribution is 2.33. The SMILES string of the molecule is C/C=C(/C(=C/C)c1ccc(O)cc1)c1ccc(O)cc1.CC[Si](CC)(CC)O[Si](CC)(CC)CC. The molecule has 0 unspecified atom stereocenters. The molecule has 35 heavy (non-hydrogen) atoms. The molecule has 0 aliphatic rings. The summed E-state index contributed by atoms with van der Waals surface area (Å²) in [6, 6.07) is 22.1. The lowest BCUT2D eigenvalue weighted by Crippen LogP contribution is -2.49. The van der Waals surface area contributed by atoms with Crippen LogP contribution in [0, 0.1) is 0 Å². The van der Waals surface area contributed by atoms with Gasteiger partial charge in [0, 0.05) is 0 Å². The fraction of sp³-hybridized carbons (Fsp3) is 0.467. The van der Waals surface area contributed by atoms with E-state index in [1.54, 1.807) is 24.3 Å². The van der Waals surface area contributed by atoms with Gasteiger partial charge in [0.05, 0.1) is 0 Å². The van der Waals surface area contributed by atoms with Crippen LogP contribution >= 0.6 is 0 Å². The Labute approximate surface area is 216 Å². The summed E-state index contributed by atoms with van der Waals surface area (Å²) in [5.74, 6) is 0.520. The fourth-order valence-electron chi connectivity index (χ4n) is 4.63. The second-order valence-corrected chi connectivity index (χ2v) is 18.9. The Morgan fingerprint density at radius 2 is 0.829 bits per heavy atom. The quantitative estimate of drug-likeness (QED) is 0.233. The van der Waals surface area contributed by atoms with Gasteiger partial charge >= 0.3 is 0 Å². The summed E-state index contributed by atoms with van der Waals surface area (Å²) in [4.78, 5) is 0. The van der Waals surface area contributed by atoms with Crippen molar-refractivity contribution in [2.45, 2.75) is 91.7 Å². The van der Waals surface area contributed by atoms with Crippen molar-refractivity contribution in [2.24, 2.45) is 0 Å². The lowest BCUT2D eigenvalue weighted by molar-refractivity contribution is 0.474. The maximum absolute atomic E-state index is 9.39. The predicted octanol–water partition coefficient (Wildman–Crippen LogP) is 9.62. The summed E-state index contributed by atoms with van der Waals surface area (Å²) < 4.78 is 6.80. The first-order chi connectivity index (χ1) is 16.7. The number of hydrogen-bond acceptors (Lipinski definition) is 3. The maximum Gasteiger partial charge on any atom is 0.178 e. The first kappa shape index (κ1) is 30.9. The number of hydrogen-bond donors (Lipinski definition) is 2. The highest BCUT2D eigenvalue weighted by molar-refractivity contribution is 6.87. The van der Waals surface area contributed by atoms with E-state index < -0.39 is 16.6 Å². The Hall–Kier alpha value is -2.09. The van der Waals surface area contributed by atoms with Gasteiger partial charge in [0.25, 0.3) is 0 Å². The molecule has 3 nitrogen and oxygen atoms in total. The van der Waals surface area contributed by atoms with E-state index in [0.29, 0.717) is 0 Å². The van der Waals surface area contributed by atoms with Crippen LogP contribution in [0.25, 0.3) is 11.1 Å². The average Bonchev–Trinajstić information content (AvgIpc) is 2.90. The van der Waals surface area contributed by atoms with Crippen molar-refractivity contribution in [1.29, 1.82) is 0 Å². The molecular weight excluding hydrogens is 464 g/mol. The monoisotopic (exact) mass is 512 g/mol. The molecule has 0 aliphatic carbocycles. The largest absolute Gasteiger partial charge is 0.508 e. The summed E-state index contributed by atoms with van der Waals surface area (Å²) >= 11 is 0. The Morgan fingerprint density at radius 1 is 0.571 bits per heavy atom. The van der Waals surface area contributed by atoms with Gasteiger partial charge in [0.15, 0.2) is 16.6 Å². The van der Waals surface area contributed by atoms with E-state index in [-0.39, 0.29) is 11.5 Å². The summed E-state index contributed by atoms with van der Waals surface area (Å²) in [6.07, 6.45) is 4.10. The minimum Gasteiger partial charge on any atom is -0.508 e. The average molecular weight is 513 g/mol. The molecule has 0 aromatic heterocycles. The van der Waals surface area contributed by atoms with Crippen molar-refractivity contribution in [3.05, 3.63) is 71.8 Å². The number of allylic oxidation sites excluding steroid dienone is 4. The van der Waals surface area contributed by atoms with Gasteiger partial charge in [-0.3, -0.25) is 0 Å². The van der Waals surface area contributed by atoms with Crippen LogP contribution in [0.5, 0.6) is 11.5 Å². The Kier molecular flexibility index (Phi) is 13.4. The van der Waals surface area contributed by atoms with Gasteiger partial charge in [-0.05, 0) is 96.7 Å². The fourth-order valence-corrected chi connectivity index (χ4v) is 14.8. The highest BCUT2D eigenvalue weighted by atomic mass is 28.4. The number of phenolic OH excluding ortho intramolecular Hbond substituents is 2. The van der Waals surface area contributed by atoms with Crippen LogP contribution in [-0.2, 0) is 4.12 Å². The van der Waals surface area contributed by atoms with Crippen LogP contribution < -0.4 is 0 Å². The molecule has 5 heteroatoms. The molecule has 2 N–H and O–H groups in total. The summed E-state index contributed by atoms with van der Waals surface area (Å²) in [7, 11) is -2.71. The molecule has 0 fully saturated rings. The third kappa shape index (κ3) is 8.51. The number of rotatable bonds is 11. The summed E-state index contributed by atoms with van der Waals surface area (Å²) in [5.41, 5.74) is 4.29. The zero-order valence-electron chi connectivity index (χ0n) is 23.3. The van der Waals surface area contributed by atoms with Crippen LogP contribution in [0.1, 0.15) is 66.5 Å². The van der Waals surface area contributed by atoms with E-state index in [1.165, 1.54) is 36.3 Å². The summed E-state index contributed by atoms with van der Waals surface area (Å²) in [6.45, 7) is 18.0. The third-order valence-corrected chi connectivity index (χ3v) is 18.7. The van der Waals surface area contributed by atoms with E-state index in [9.17, 15) is 10.2 Å². The van der Waals surface area contributed by atoms with Crippen LogP contribution in [0.3, 0.4) is 0 Å². The van der Waals surface area contributed by atoms with Gasteiger partial charge in [0.2, 0.25) is 0 Å². The second-order valence-electron chi connectivity index (χ2n) is 9.09. The predicted molar refractivity (Wildman–Crippen MR) is 159 cm³/mol. The maximum atomic E-state index is 9.39. The topological polar surface area (TPSA) is 49.7 Å². The molecule has 0 atom stereocenters. The molecule has 0 bridgehead atoms. The molecule has 0 aliphatic heterocycles. The Balaban J connectivity index is 0.000000367. The molecule has 2 aromatic rings. The van der Waals surface area contributed by atoms with Crippen molar-refractivity contribution in [3.8, 4) is 11.5 Å². The van der Waals surface area contributed by atoms with Crippen LogP contribution in [0.15, 0.2) is 60.7 Å². The Morgan fingerprint density at radius 3 is 1.03 bits per heavy atom. The van der Waals surface area contributed by atoms with Crippen molar-refractivity contribution < 1.29 is 14.3 Å². The van der Waals surface area contributed by atoms with E-state index in [4.69, 9.17) is 4.12 Å². The minimum atomic E-state index is -1.35. The van der Waals surface area contributed by atoms with Crippen molar-refractivity contribution in [1.82, 2.24) is 0 Å². The third-order valence-electron chi connectivity index (χ3n) is 7.52. The van der Waals surface area contributed by atoms with Crippen LogP contribution in [0.4, 0.5) is 0 Å². The van der Waals surface area contributed by atoms with Gasteiger partial charge in [-0.25, -0.2) is 0 Å². The second kappa shape index (κ2) is 15.1. The summed E-state index contributed by atoms with van der Waals surface area (Å²) in [5, 5.41) is 18.8. The molecule has 2 rings (SSSR count). The molecule has 0 saturated carbocycles. The van der Waals surface area contributed by atoms with E-state index >= 15 is 0 Å². The molecule has 0 amide bonds. The lowest BCUT2D eigenvalue weighted by Gasteiger charge is -2.40. The molecular formula is C30H48O3Si2. The van der Waals surface area contributed by atoms with Crippen LogP contribution in [0.2, 0.25) is 36.3 Å². The molecule has 0 radical (unpaired) electrons. The number of phenols is 2. The highest BCUT2D eigenvalue weighted by Gasteiger charge is 2.39. The van der Waals surface area contributed by atoms with Crippen LogP contribution in [-0.4, -0.2) is 26.8 Å². The number of aromatic hydroxyl groups is 2. The molecule has 2 aromatic carbocycles. The smallest absolute Gasteiger partial charge is 0.178 e. The van der Waals surface area contributed by atoms with E-state index in [0.717, 1.165) is 22.3 Å². The van der Waals surface area contributed by atoms with Gasteiger partial charge < -0.3 is 14.3 Å². The normalized spacial score (nSPS) is 12.8. The zero-order chi connectivity index (χ0) is 26.5. The first-order valence-electron chi connectivity index (χ1n) is 13.3. The number of benzene rings is 2. The molecule has 0 spiro atoms. The molecule has 0 heterocycles.